The molecule has 1 aliphatic rings. The Labute approximate surface area is 193 Å². The number of amides is 1. The third kappa shape index (κ3) is 5.07. The summed E-state index contributed by atoms with van der Waals surface area (Å²) in [4.78, 5) is 14.9. The predicted molar refractivity (Wildman–Crippen MR) is 128 cm³/mol. The average molecular weight is 452 g/mol. The van der Waals surface area contributed by atoms with Gasteiger partial charge >= 0.3 is 0 Å². The maximum atomic E-state index is 12.7. The lowest BCUT2D eigenvalue weighted by Crippen LogP contribution is -2.32. The highest BCUT2D eigenvalue weighted by Gasteiger charge is 2.24. The molecule has 168 valence electrons. The number of nitrogens with one attached hydrogen (secondary N) is 1. The number of para-hydroxylation sites is 2. The molecule has 0 spiro atoms. The highest BCUT2D eigenvalue weighted by Crippen LogP contribution is 2.32. The summed E-state index contributed by atoms with van der Waals surface area (Å²) in [6.07, 6.45) is 3.52. The average Bonchev–Trinajstić information content (AvgIpc) is 3.27. The zero-order chi connectivity index (χ0) is 22.3. The minimum absolute atomic E-state index is 0.0412. The van der Waals surface area contributed by atoms with Crippen LogP contribution >= 0.6 is 11.8 Å². The van der Waals surface area contributed by atoms with E-state index in [4.69, 9.17) is 4.74 Å². The molecule has 7 nitrogen and oxygen atoms in total. The van der Waals surface area contributed by atoms with E-state index in [0.29, 0.717) is 5.16 Å². The fraction of sp³-hybridized carbons (Fsp3) is 0.375. The van der Waals surface area contributed by atoms with Crippen molar-refractivity contribution in [3.63, 3.8) is 0 Å². The fourth-order valence-corrected chi connectivity index (χ4v) is 4.67. The van der Waals surface area contributed by atoms with Gasteiger partial charge in [0.1, 0.15) is 5.75 Å². The van der Waals surface area contributed by atoms with E-state index in [0.717, 1.165) is 48.9 Å². The Hall–Kier alpha value is -3.00. The lowest BCUT2D eigenvalue weighted by Gasteiger charge is -2.28. The van der Waals surface area contributed by atoms with Crippen molar-refractivity contribution in [2.45, 2.75) is 37.4 Å². The second-order valence-corrected chi connectivity index (χ2v) is 8.77. The maximum Gasteiger partial charge on any atom is 0.232 e. The van der Waals surface area contributed by atoms with Crippen LogP contribution in [-0.4, -0.2) is 46.6 Å². The van der Waals surface area contributed by atoms with Crippen molar-refractivity contribution < 1.29 is 9.53 Å². The van der Waals surface area contributed by atoms with Gasteiger partial charge in [-0.3, -0.25) is 9.36 Å². The number of nitrogens with zero attached hydrogens (tertiary/aromatic N) is 4. The Morgan fingerprint density at radius 3 is 2.53 bits per heavy atom. The van der Waals surface area contributed by atoms with Crippen molar-refractivity contribution in [3.05, 3.63) is 60.2 Å². The van der Waals surface area contributed by atoms with Gasteiger partial charge in [0, 0.05) is 13.1 Å². The van der Waals surface area contributed by atoms with Crippen LogP contribution < -0.4 is 15.0 Å². The summed E-state index contributed by atoms with van der Waals surface area (Å²) in [5.41, 5.74) is 1.96. The summed E-state index contributed by atoms with van der Waals surface area (Å²) in [6, 6.07) is 17.7. The van der Waals surface area contributed by atoms with Crippen molar-refractivity contribution in [2.24, 2.45) is 0 Å². The third-order valence-corrected chi connectivity index (χ3v) is 6.52. The standard InChI is InChI=1S/C24H29N5O2S/c1-18(19-11-5-3-6-12-19)25-22(30)17-32-24-27-26-23(28-15-9-4-10-16-28)29(24)20-13-7-8-14-21(20)31-2/h3,5-8,11-14,18H,4,9-10,15-17H2,1-2H3,(H,25,30). The summed E-state index contributed by atoms with van der Waals surface area (Å²) >= 11 is 1.39. The molecular formula is C24H29N5O2S. The van der Waals surface area contributed by atoms with E-state index >= 15 is 0 Å². The summed E-state index contributed by atoms with van der Waals surface area (Å²) in [6.45, 7) is 3.89. The van der Waals surface area contributed by atoms with Gasteiger partial charge in [-0.1, -0.05) is 54.2 Å². The Bertz CT molecular complexity index is 1030. The highest BCUT2D eigenvalue weighted by molar-refractivity contribution is 7.99. The quantitative estimate of drug-likeness (QED) is 0.517. The van der Waals surface area contributed by atoms with Crippen LogP contribution in [0.4, 0.5) is 5.95 Å². The van der Waals surface area contributed by atoms with Gasteiger partial charge in [0.05, 0.1) is 24.6 Å². The molecule has 1 N–H and O–H groups in total. The zero-order valence-electron chi connectivity index (χ0n) is 18.5. The molecule has 8 heteroatoms. The largest absolute Gasteiger partial charge is 0.495 e. The van der Waals surface area contributed by atoms with Crippen molar-refractivity contribution in [1.29, 1.82) is 0 Å². The number of hydrogen-bond acceptors (Lipinski definition) is 6. The number of rotatable bonds is 8. The van der Waals surface area contributed by atoms with Crippen LogP contribution in [-0.2, 0) is 4.79 Å². The first kappa shape index (κ1) is 22.2. The lowest BCUT2D eigenvalue weighted by atomic mass is 10.1. The zero-order valence-corrected chi connectivity index (χ0v) is 19.3. The van der Waals surface area contributed by atoms with E-state index in [1.807, 2.05) is 66.1 Å². The molecule has 0 radical (unpaired) electrons. The molecule has 3 aromatic rings. The molecule has 1 aliphatic heterocycles. The molecule has 2 aromatic carbocycles. The molecule has 1 fully saturated rings. The Balaban J connectivity index is 1.54. The third-order valence-electron chi connectivity index (χ3n) is 5.59. The van der Waals surface area contributed by atoms with Gasteiger partial charge in [0.15, 0.2) is 5.16 Å². The van der Waals surface area contributed by atoms with Gasteiger partial charge in [0.2, 0.25) is 11.9 Å². The monoisotopic (exact) mass is 451 g/mol. The van der Waals surface area contributed by atoms with Crippen molar-refractivity contribution >= 4 is 23.6 Å². The molecule has 1 aromatic heterocycles. The molecule has 1 atom stereocenters. The highest BCUT2D eigenvalue weighted by atomic mass is 32.2. The van der Waals surface area contributed by atoms with Crippen molar-refractivity contribution in [3.8, 4) is 11.4 Å². The van der Waals surface area contributed by atoms with Gasteiger partial charge in [-0.2, -0.15) is 0 Å². The minimum atomic E-state index is -0.0553. The van der Waals surface area contributed by atoms with Gasteiger partial charge in [-0.05, 0) is 43.9 Å². The topological polar surface area (TPSA) is 72.3 Å². The van der Waals surface area contributed by atoms with Gasteiger partial charge in [0.25, 0.3) is 0 Å². The van der Waals surface area contributed by atoms with E-state index in [9.17, 15) is 4.79 Å². The van der Waals surface area contributed by atoms with E-state index in [2.05, 4.69) is 20.4 Å². The van der Waals surface area contributed by atoms with Crippen LogP contribution in [0.1, 0.15) is 37.8 Å². The molecular weight excluding hydrogens is 422 g/mol. The normalized spacial score (nSPS) is 14.8. The number of thioether (sulfide) groups is 1. The molecule has 0 bridgehead atoms. The first-order valence-corrected chi connectivity index (χ1v) is 12.0. The van der Waals surface area contributed by atoms with E-state index in [-0.39, 0.29) is 17.7 Å². The number of methoxy groups -OCH3 is 1. The van der Waals surface area contributed by atoms with Gasteiger partial charge < -0.3 is 15.0 Å². The van der Waals surface area contributed by atoms with E-state index < -0.39 is 0 Å². The molecule has 1 saturated heterocycles. The Morgan fingerprint density at radius 1 is 1.06 bits per heavy atom. The summed E-state index contributed by atoms with van der Waals surface area (Å²) in [5, 5.41) is 12.7. The lowest BCUT2D eigenvalue weighted by molar-refractivity contribution is -0.119. The molecule has 1 amide bonds. The number of ether oxygens (including phenoxy) is 1. The Kier molecular flexibility index (Phi) is 7.32. The number of benzene rings is 2. The second-order valence-electron chi connectivity index (χ2n) is 7.83. The minimum Gasteiger partial charge on any atom is -0.495 e. The number of anilines is 1. The van der Waals surface area contributed by atoms with Crippen LogP contribution in [0.15, 0.2) is 59.8 Å². The predicted octanol–water partition coefficient (Wildman–Crippen LogP) is 4.24. The molecule has 32 heavy (non-hydrogen) atoms. The molecule has 1 unspecified atom stereocenters. The number of carbonyl (C=O) groups excluding carboxylic acids is 1. The van der Waals surface area contributed by atoms with E-state index in [1.165, 1.54) is 18.2 Å². The van der Waals surface area contributed by atoms with Crippen LogP contribution in [0, 0.1) is 0 Å². The van der Waals surface area contributed by atoms with E-state index in [1.54, 1.807) is 7.11 Å². The number of hydrogen-bond donors (Lipinski definition) is 1. The van der Waals surface area contributed by atoms with Gasteiger partial charge in [-0.15, -0.1) is 10.2 Å². The van der Waals surface area contributed by atoms with Crippen LogP contribution in [0.25, 0.3) is 5.69 Å². The number of carbonyl (C=O) groups is 1. The summed E-state index contributed by atoms with van der Waals surface area (Å²) in [7, 11) is 1.66. The molecule has 2 heterocycles. The first-order chi connectivity index (χ1) is 15.7. The molecule has 4 rings (SSSR count). The Morgan fingerprint density at radius 2 is 1.78 bits per heavy atom. The second kappa shape index (κ2) is 10.5. The van der Waals surface area contributed by atoms with Crippen LogP contribution in [0.2, 0.25) is 0 Å². The van der Waals surface area contributed by atoms with Gasteiger partial charge in [-0.25, -0.2) is 0 Å². The van der Waals surface area contributed by atoms with Crippen LogP contribution in [0.5, 0.6) is 5.75 Å². The molecule has 0 saturated carbocycles. The summed E-state index contributed by atoms with van der Waals surface area (Å²) < 4.78 is 7.63. The smallest absolute Gasteiger partial charge is 0.232 e. The molecule has 0 aliphatic carbocycles. The number of aromatic nitrogens is 3. The SMILES string of the molecule is COc1ccccc1-n1c(SCC(=O)NC(C)c2ccccc2)nnc1N1CCCCC1. The van der Waals surface area contributed by atoms with Crippen LogP contribution in [0.3, 0.4) is 0 Å². The summed E-state index contributed by atoms with van der Waals surface area (Å²) in [5.74, 6) is 1.76. The van der Waals surface area contributed by atoms with Crippen molar-refractivity contribution in [2.75, 3.05) is 30.9 Å². The first-order valence-electron chi connectivity index (χ1n) is 11.0. The number of piperidine rings is 1. The maximum absolute atomic E-state index is 12.7. The fourth-order valence-electron chi connectivity index (χ4n) is 3.92. The van der Waals surface area contributed by atoms with Crippen molar-refractivity contribution in [1.82, 2.24) is 20.1 Å².